The van der Waals surface area contributed by atoms with E-state index < -0.39 is 18.0 Å². The summed E-state index contributed by atoms with van der Waals surface area (Å²) in [6, 6.07) is 3.62. The Morgan fingerprint density at radius 2 is 1.86 bits per heavy atom. The largest absolute Gasteiger partial charge is 0.573 e. The summed E-state index contributed by atoms with van der Waals surface area (Å²) in [4.78, 5) is 22.1. The number of carboxylic acid groups (broad SMARTS) is 1. The first-order valence-corrected chi connectivity index (χ1v) is 8.83. The number of rotatable bonds is 3. The predicted octanol–water partition coefficient (Wildman–Crippen LogP) is 4.73. The van der Waals surface area contributed by atoms with Gasteiger partial charge >= 0.3 is 12.3 Å². The number of carbonyl (C=O) groups is 2. The van der Waals surface area contributed by atoms with E-state index in [1.165, 1.54) is 17.0 Å². The molecule has 1 aromatic carbocycles. The fourth-order valence-electron chi connectivity index (χ4n) is 3.53. The monoisotopic (exact) mass is 419 g/mol. The summed E-state index contributed by atoms with van der Waals surface area (Å²) in [5, 5.41) is 6.65. The molecule has 0 heterocycles. The lowest BCUT2D eigenvalue weighted by Gasteiger charge is -2.38. The summed E-state index contributed by atoms with van der Waals surface area (Å²) in [7, 11) is 0. The van der Waals surface area contributed by atoms with Gasteiger partial charge in [-0.3, -0.25) is 14.5 Å². The molecular weight excluding hydrogens is 399 g/mol. The summed E-state index contributed by atoms with van der Waals surface area (Å²) < 4.78 is 41.0. The Bertz CT molecular complexity index is 723. The second-order valence-corrected chi connectivity index (χ2v) is 7.07. The normalized spacial score (nSPS) is 21.5. The molecule has 1 fully saturated rings. The molecule has 0 bridgehead atoms. The number of hydrogen-bond acceptors (Lipinski definition) is 3. The first kappa shape index (κ1) is 23.6. The number of carbonyl (C=O) groups excluding carboxylic acids is 1. The van der Waals surface area contributed by atoms with Crippen LogP contribution in [0, 0.1) is 24.2 Å². The zero-order chi connectivity index (χ0) is 21.5. The topological polar surface area (TPSA) is 66.8 Å². The van der Waals surface area contributed by atoms with Gasteiger partial charge in [-0.15, -0.1) is 19.6 Å². The van der Waals surface area contributed by atoms with Crippen LogP contribution < -0.4 is 9.64 Å². The molecule has 1 aliphatic rings. The van der Waals surface area contributed by atoms with Crippen molar-refractivity contribution in [2.45, 2.75) is 45.5 Å². The van der Waals surface area contributed by atoms with E-state index in [1.54, 1.807) is 0 Å². The molecule has 1 N–H and O–H groups in total. The fourth-order valence-corrected chi connectivity index (χ4v) is 3.74. The van der Waals surface area contributed by atoms with Crippen LogP contribution in [0.4, 0.5) is 18.9 Å². The average molecular weight is 420 g/mol. The number of ether oxygens (including phenoxy) is 1. The van der Waals surface area contributed by atoms with Crippen LogP contribution in [0.25, 0.3) is 0 Å². The maximum Gasteiger partial charge on any atom is 0.573 e. The quantitative estimate of drug-likeness (QED) is 0.568. The van der Waals surface area contributed by atoms with Crippen molar-refractivity contribution in [3.8, 4) is 18.1 Å². The molecule has 0 saturated heterocycles. The van der Waals surface area contributed by atoms with Gasteiger partial charge in [0.05, 0.1) is 5.02 Å². The van der Waals surface area contributed by atoms with Gasteiger partial charge in [0.25, 0.3) is 6.47 Å². The van der Waals surface area contributed by atoms with Crippen molar-refractivity contribution >= 4 is 29.7 Å². The number of nitrogens with zero attached hydrogens (tertiary/aromatic N) is 1. The molecule has 1 saturated carbocycles. The summed E-state index contributed by atoms with van der Waals surface area (Å²) in [5.74, 6) is 1.89. The first-order chi connectivity index (χ1) is 13.0. The van der Waals surface area contributed by atoms with Crippen molar-refractivity contribution in [1.29, 1.82) is 0 Å². The molecule has 0 spiro atoms. The van der Waals surface area contributed by atoms with Crippen molar-refractivity contribution in [2.75, 3.05) is 4.90 Å². The van der Waals surface area contributed by atoms with Gasteiger partial charge in [0.1, 0.15) is 5.75 Å². The zero-order valence-electron chi connectivity index (χ0n) is 15.4. The van der Waals surface area contributed by atoms with Gasteiger partial charge in [-0.2, -0.15) is 0 Å². The van der Waals surface area contributed by atoms with Crippen LogP contribution in [0.15, 0.2) is 18.2 Å². The lowest BCUT2D eigenvalue weighted by molar-refractivity contribution is -0.274. The van der Waals surface area contributed by atoms with Crippen LogP contribution in [-0.2, 0) is 9.59 Å². The van der Waals surface area contributed by atoms with Crippen LogP contribution in [-0.4, -0.2) is 29.9 Å². The van der Waals surface area contributed by atoms with Crippen molar-refractivity contribution in [2.24, 2.45) is 11.8 Å². The van der Waals surface area contributed by atoms with Crippen LogP contribution in [0.5, 0.6) is 5.75 Å². The second kappa shape index (κ2) is 10.2. The molecule has 1 aliphatic carbocycles. The maximum absolute atomic E-state index is 12.4. The number of anilines is 1. The Kier molecular flexibility index (Phi) is 8.64. The van der Waals surface area contributed by atoms with E-state index in [-0.39, 0.29) is 17.5 Å². The summed E-state index contributed by atoms with van der Waals surface area (Å²) in [6.45, 7) is 3.96. The fraction of sp³-hybridized carbons (Fsp3) is 0.474. The number of alkyl halides is 3. The van der Waals surface area contributed by atoms with Gasteiger partial charge in [0.2, 0.25) is 0 Å². The second-order valence-electron chi connectivity index (χ2n) is 6.66. The Hall–Kier alpha value is -2.40. The number of benzene rings is 1. The lowest BCUT2D eigenvalue weighted by Crippen LogP contribution is -2.44. The highest BCUT2D eigenvalue weighted by atomic mass is 35.5. The minimum absolute atomic E-state index is 0.118. The molecule has 5 nitrogen and oxygen atoms in total. The van der Waals surface area contributed by atoms with E-state index >= 15 is 0 Å². The van der Waals surface area contributed by atoms with Gasteiger partial charge in [-0.05, 0) is 55.2 Å². The van der Waals surface area contributed by atoms with Gasteiger partial charge in [-0.25, -0.2) is 0 Å². The van der Waals surface area contributed by atoms with E-state index in [4.69, 9.17) is 27.9 Å². The number of halogens is 4. The van der Waals surface area contributed by atoms with Gasteiger partial charge in [0.15, 0.2) is 0 Å². The van der Waals surface area contributed by atoms with Crippen molar-refractivity contribution < 1.29 is 32.6 Å². The maximum atomic E-state index is 12.4. The molecule has 1 amide bonds. The molecule has 2 unspecified atom stereocenters. The summed E-state index contributed by atoms with van der Waals surface area (Å²) >= 11 is 5.91. The van der Waals surface area contributed by atoms with Crippen LogP contribution >= 0.6 is 11.6 Å². The Morgan fingerprint density at radius 3 is 2.29 bits per heavy atom. The van der Waals surface area contributed by atoms with Crippen LogP contribution in [0.1, 0.15) is 33.1 Å². The van der Waals surface area contributed by atoms with E-state index in [1.807, 2.05) is 0 Å². The Balaban J connectivity index is 0.00000122. The molecule has 154 valence electrons. The summed E-state index contributed by atoms with van der Waals surface area (Å²) in [5.41, 5.74) is 0.369. The summed E-state index contributed by atoms with van der Waals surface area (Å²) in [6.07, 6.45) is 3.06. The highest BCUT2D eigenvalue weighted by molar-refractivity contribution is 6.32. The van der Waals surface area contributed by atoms with Gasteiger partial charge in [0, 0.05) is 11.7 Å². The Morgan fingerprint density at radius 1 is 1.32 bits per heavy atom. The molecular formula is C19H21ClF3NO4. The minimum Gasteiger partial charge on any atom is -0.483 e. The van der Waals surface area contributed by atoms with Crippen molar-refractivity contribution in [3.63, 3.8) is 0 Å². The predicted molar refractivity (Wildman–Crippen MR) is 99.1 cm³/mol. The third kappa shape index (κ3) is 6.97. The number of hydrogen-bond donors (Lipinski definition) is 1. The van der Waals surface area contributed by atoms with Gasteiger partial charge in [-0.1, -0.05) is 25.4 Å². The zero-order valence-corrected chi connectivity index (χ0v) is 16.1. The standard InChI is InChI=1S/C18H19ClF3NO2.CH2O2/c1-4-17(24)23(14-8-11(2)7-12(3)9-14)13-5-6-16(15(19)10-13)25-18(20,21)22;2-1-3/h1,5-6,10-12,14H,7-9H2,2-3H3;1H,(H,2,3). The highest BCUT2D eigenvalue weighted by Gasteiger charge is 2.34. The van der Waals surface area contributed by atoms with E-state index in [2.05, 4.69) is 24.5 Å². The van der Waals surface area contributed by atoms with Gasteiger partial charge < -0.3 is 9.84 Å². The molecule has 0 radical (unpaired) electrons. The lowest BCUT2D eigenvalue weighted by atomic mass is 9.79. The SMILES string of the molecule is C#CC(=O)N(c1ccc(OC(F)(F)F)c(Cl)c1)C1CC(C)CC(C)C1.O=CO. The van der Waals surface area contributed by atoms with E-state index in [9.17, 15) is 18.0 Å². The van der Waals surface area contributed by atoms with E-state index in [0.717, 1.165) is 25.3 Å². The van der Waals surface area contributed by atoms with Crippen molar-refractivity contribution in [1.82, 2.24) is 0 Å². The molecule has 2 rings (SSSR count). The van der Waals surface area contributed by atoms with Crippen molar-refractivity contribution in [3.05, 3.63) is 23.2 Å². The number of amides is 1. The van der Waals surface area contributed by atoms with Crippen LogP contribution in [0.2, 0.25) is 5.02 Å². The smallest absolute Gasteiger partial charge is 0.483 e. The van der Waals surface area contributed by atoms with E-state index in [0.29, 0.717) is 17.5 Å². The van der Waals surface area contributed by atoms with Crippen LogP contribution in [0.3, 0.4) is 0 Å². The third-order valence-electron chi connectivity index (χ3n) is 4.28. The third-order valence-corrected chi connectivity index (χ3v) is 4.58. The first-order valence-electron chi connectivity index (χ1n) is 8.45. The number of terminal acetylenes is 1. The average Bonchev–Trinajstić information content (AvgIpc) is 2.56. The molecule has 0 aromatic heterocycles. The minimum atomic E-state index is -4.84. The molecule has 2 atom stereocenters. The molecule has 1 aromatic rings. The highest BCUT2D eigenvalue weighted by Crippen LogP contribution is 2.37. The molecule has 0 aliphatic heterocycles. The molecule has 9 heteroatoms. The Labute approximate surface area is 166 Å². The molecule has 28 heavy (non-hydrogen) atoms.